The van der Waals surface area contributed by atoms with E-state index < -0.39 is 0 Å². The first kappa shape index (κ1) is 8.52. The summed E-state index contributed by atoms with van der Waals surface area (Å²) in [6.07, 6.45) is 3.03. The third kappa shape index (κ3) is 1.38. The summed E-state index contributed by atoms with van der Waals surface area (Å²) < 4.78 is 5.18. The Hall–Kier alpha value is -2.08. The molecule has 0 radical (unpaired) electrons. The van der Waals surface area contributed by atoms with Gasteiger partial charge in [-0.15, -0.1) is 0 Å². The van der Waals surface area contributed by atoms with Crippen LogP contribution in [0.3, 0.4) is 0 Å². The van der Waals surface area contributed by atoms with Crippen LogP contribution in [0.25, 0.3) is 11.3 Å². The van der Waals surface area contributed by atoms with Crippen molar-refractivity contribution in [2.45, 2.75) is 6.92 Å². The molecule has 14 heavy (non-hydrogen) atoms. The average molecular weight is 184 g/mol. The van der Waals surface area contributed by atoms with Crippen molar-refractivity contribution in [3.63, 3.8) is 0 Å². The van der Waals surface area contributed by atoms with Crippen molar-refractivity contribution in [1.82, 2.24) is 4.98 Å². The van der Waals surface area contributed by atoms with Crippen LogP contribution in [0.1, 0.15) is 11.1 Å². The molecule has 0 aliphatic carbocycles. The van der Waals surface area contributed by atoms with E-state index in [0.717, 1.165) is 11.1 Å². The molecule has 2 aromatic rings. The lowest BCUT2D eigenvalue weighted by atomic mass is 10.0. The van der Waals surface area contributed by atoms with Gasteiger partial charge < -0.3 is 4.42 Å². The van der Waals surface area contributed by atoms with Gasteiger partial charge in [-0.05, 0) is 24.6 Å². The first-order chi connectivity index (χ1) is 6.81. The van der Waals surface area contributed by atoms with E-state index in [1.807, 2.05) is 13.0 Å². The third-order valence-electron chi connectivity index (χ3n) is 2.06. The predicted octanol–water partition coefficient (Wildman–Crippen LogP) is 2.52. The smallest absolute Gasteiger partial charge is 0.181 e. The second kappa shape index (κ2) is 3.35. The highest BCUT2D eigenvalue weighted by molar-refractivity contribution is 5.63. The van der Waals surface area contributed by atoms with Crippen LogP contribution in [0.5, 0.6) is 0 Å². The minimum Gasteiger partial charge on any atom is -0.444 e. The maximum Gasteiger partial charge on any atom is 0.181 e. The molecule has 0 unspecified atom stereocenters. The first-order valence-corrected chi connectivity index (χ1v) is 4.21. The molecule has 2 rings (SSSR count). The Morgan fingerprint density at radius 1 is 1.43 bits per heavy atom. The van der Waals surface area contributed by atoms with Gasteiger partial charge in [-0.25, -0.2) is 4.98 Å². The Morgan fingerprint density at radius 3 is 2.93 bits per heavy atom. The molecule has 1 aromatic carbocycles. The average Bonchev–Trinajstić information content (AvgIpc) is 2.71. The molecule has 1 aromatic heterocycles. The summed E-state index contributed by atoms with van der Waals surface area (Å²) in [5.74, 6) is 0.694. The van der Waals surface area contributed by atoms with E-state index in [-0.39, 0.29) is 0 Å². The van der Waals surface area contributed by atoms with Crippen molar-refractivity contribution in [2.24, 2.45) is 0 Å². The number of benzene rings is 1. The van der Waals surface area contributed by atoms with Gasteiger partial charge in [-0.1, -0.05) is 6.07 Å². The van der Waals surface area contributed by atoms with Gasteiger partial charge in [0.1, 0.15) is 0 Å². The summed E-state index contributed by atoms with van der Waals surface area (Å²) in [4.78, 5) is 3.85. The normalized spacial score (nSPS) is 9.71. The topological polar surface area (TPSA) is 49.8 Å². The van der Waals surface area contributed by atoms with E-state index in [9.17, 15) is 0 Å². The minimum atomic E-state index is 0.627. The van der Waals surface area contributed by atoms with Crippen LogP contribution in [0.2, 0.25) is 0 Å². The standard InChI is InChI=1S/C11H8N2O/c1-8-2-3-9(5-12)4-10(8)11-6-13-7-14-11/h2-4,6-7H,1H3. The predicted molar refractivity (Wildman–Crippen MR) is 51.4 cm³/mol. The van der Waals surface area contributed by atoms with Gasteiger partial charge in [0.05, 0.1) is 17.8 Å². The number of nitriles is 1. The SMILES string of the molecule is Cc1ccc(C#N)cc1-c1cnco1. The zero-order valence-electron chi connectivity index (χ0n) is 7.69. The van der Waals surface area contributed by atoms with E-state index in [0.29, 0.717) is 11.3 Å². The molecule has 0 bridgehead atoms. The lowest BCUT2D eigenvalue weighted by Gasteiger charge is -2.01. The van der Waals surface area contributed by atoms with Crippen LogP contribution in [0.15, 0.2) is 35.2 Å². The molecular weight excluding hydrogens is 176 g/mol. The van der Waals surface area contributed by atoms with Crippen LogP contribution in [-0.2, 0) is 0 Å². The van der Waals surface area contributed by atoms with E-state index in [1.54, 1.807) is 18.3 Å². The molecule has 1 heterocycles. The highest BCUT2D eigenvalue weighted by Crippen LogP contribution is 2.23. The van der Waals surface area contributed by atoms with Gasteiger partial charge in [-0.3, -0.25) is 0 Å². The van der Waals surface area contributed by atoms with Crippen LogP contribution in [0.4, 0.5) is 0 Å². The number of rotatable bonds is 1. The van der Waals surface area contributed by atoms with Gasteiger partial charge in [0.25, 0.3) is 0 Å². The summed E-state index contributed by atoms with van der Waals surface area (Å²) in [6.45, 7) is 1.97. The highest BCUT2D eigenvalue weighted by atomic mass is 16.3. The fourth-order valence-electron chi connectivity index (χ4n) is 1.31. The molecule has 0 atom stereocenters. The molecule has 0 aliphatic rings. The summed E-state index contributed by atoms with van der Waals surface area (Å²) in [7, 11) is 0. The van der Waals surface area contributed by atoms with Gasteiger partial charge in [0.2, 0.25) is 0 Å². The quantitative estimate of drug-likeness (QED) is 0.684. The zero-order valence-corrected chi connectivity index (χ0v) is 7.69. The first-order valence-electron chi connectivity index (χ1n) is 4.21. The molecule has 3 heteroatoms. The van der Waals surface area contributed by atoms with Crippen molar-refractivity contribution in [3.8, 4) is 17.4 Å². The Bertz CT molecular complexity index is 480. The van der Waals surface area contributed by atoms with E-state index >= 15 is 0 Å². The monoisotopic (exact) mass is 184 g/mol. The van der Waals surface area contributed by atoms with E-state index in [1.165, 1.54) is 6.39 Å². The van der Waals surface area contributed by atoms with Crippen molar-refractivity contribution in [3.05, 3.63) is 41.9 Å². The lowest BCUT2D eigenvalue weighted by molar-refractivity contribution is 0.571. The van der Waals surface area contributed by atoms with Gasteiger partial charge in [0, 0.05) is 5.56 Å². The van der Waals surface area contributed by atoms with Crippen molar-refractivity contribution in [1.29, 1.82) is 5.26 Å². The van der Waals surface area contributed by atoms with Crippen molar-refractivity contribution >= 4 is 0 Å². The zero-order chi connectivity index (χ0) is 9.97. The Morgan fingerprint density at radius 2 is 2.29 bits per heavy atom. The molecule has 0 saturated heterocycles. The minimum absolute atomic E-state index is 0.627. The van der Waals surface area contributed by atoms with Gasteiger partial charge in [0.15, 0.2) is 12.2 Å². The molecule has 0 fully saturated rings. The Balaban J connectivity index is 2.58. The van der Waals surface area contributed by atoms with Crippen LogP contribution in [-0.4, -0.2) is 4.98 Å². The van der Waals surface area contributed by atoms with E-state index in [2.05, 4.69) is 11.1 Å². The molecule has 0 aliphatic heterocycles. The van der Waals surface area contributed by atoms with E-state index in [4.69, 9.17) is 9.68 Å². The second-order valence-corrected chi connectivity index (χ2v) is 3.01. The summed E-state index contributed by atoms with van der Waals surface area (Å²) in [5.41, 5.74) is 2.62. The number of hydrogen-bond acceptors (Lipinski definition) is 3. The maximum atomic E-state index is 8.75. The third-order valence-corrected chi connectivity index (χ3v) is 2.06. The van der Waals surface area contributed by atoms with Crippen molar-refractivity contribution < 1.29 is 4.42 Å². The number of aryl methyl sites for hydroxylation is 1. The second-order valence-electron chi connectivity index (χ2n) is 3.01. The number of oxazole rings is 1. The summed E-state index contributed by atoms with van der Waals surface area (Å²) in [5, 5.41) is 8.75. The van der Waals surface area contributed by atoms with Crippen LogP contribution >= 0.6 is 0 Å². The Labute approximate surface area is 81.6 Å². The molecule has 0 spiro atoms. The maximum absolute atomic E-state index is 8.75. The lowest BCUT2D eigenvalue weighted by Crippen LogP contribution is -1.83. The summed E-state index contributed by atoms with van der Waals surface area (Å²) >= 11 is 0. The van der Waals surface area contributed by atoms with Gasteiger partial charge >= 0.3 is 0 Å². The fourth-order valence-corrected chi connectivity index (χ4v) is 1.31. The number of aromatic nitrogens is 1. The number of nitrogens with zero attached hydrogens (tertiary/aromatic N) is 2. The molecule has 68 valence electrons. The summed E-state index contributed by atoms with van der Waals surface area (Å²) in [6, 6.07) is 7.58. The van der Waals surface area contributed by atoms with Crippen LogP contribution < -0.4 is 0 Å². The molecule has 0 saturated carbocycles. The molecular formula is C11H8N2O. The molecule has 3 nitrogen and oxygen atoms in total. The fraction of sp³-hybridized carbons (Fsp3) is 0.0909. The van der Waals surface area contributed by atoms with Crippen molar-refractivity contribution in [2.75, 3.05) is 0 Å². The van der Waals surface area contributed by atoms with Gasteiger partial charge in [-0.2, -0.15) is 5.26 Å². The Kier molecular flexibility index (Phi) is 2.04. The molecule has 0 amide bonds. The van der Waals surface area contributed by atoms with Crippen LogP contribution in [0, 0.1) is 18.3 Å². The number of hydrogen-bond donors (Lipinski definition) is 0. The molecule has 0 N–H and O–H groups in total. The highest BCUT2D eigenvalue weighted by Gasteiger charge is 2.05. The largest absolute Gasteiger partial charge is 0.444 e.